The van der Waals surface area contributed by atoms with Gasteiger partial charge < -0.3 is 24.8 Å². The van der Waals surface area contributed by atoms with E-state index in [1.165, 1.54) is 71.0 Å². The minimum absolute atomic E-state index is 0.254. The zero-order chi connectivity index (χ0) is 17.4. The van der Waals surface area contributed by atoms with E-state index >= 15 is 0 Å². The van der Waals surface area contributed by atoms with E-state index in [2.05, 4.69) is 5.32 Å². The number of nitrogens with two attached hydrogens (primary N) is 1. The summed E-state index contributed by atoms with van der Waals surface area (Å²) in [5, 5.41) is 12.6. The molecule has 0 spiro atoms. The number of rotatable bonds is 9. The van der Waals surface area contributed by atoms with Crippen molar-refractivity contribution in [2.75, 3.05) is 46.0 Å². The first-order valence-electron chi connectivity index (χ1n) is 10.8. The Morgan fingerprint density at radius 3 is 2.56 bits per heavy atom. The van der Waals surface area contributed by atoms with E-state index in [-0.39, 0.29) is 12.2 Å². The smallest absolute Gasteiger partial charge is 0.147 e. The van der Waals surface area contributed by atoms with Crippen LogP contribution < -0.4 is 10.2 Å². The van der Waals surface area contributed by atoms with Gasteiger partial charge in [-0.1, -0.05) is 6.42 Å². The van der Waals surface area contributed by atoms with Gasteiger partial charge in [0, 0.05) is 19.4 Å². The summed E-state index contributed by atoms with van der Waals surface area (Å²) < 4.78 is 11.2. The van der Waals surface area contributed by atoms with Crippen molar-refractivity contribution in [2.45, 2.75) is 82.0 Å². The van der Waals surface area contributed by atoms with Gasteiger partial charge in [0.15, 0.2) is 0 Å². The highest BCUT2D eigenvalue weighted by molar-refractivity contribution is 4.82. The molecule has 25 heavy (non-hydrogen) atoms. The van der Waals surface area contributed by atoms with Crippen LogP contribution in [0.25, 0.3) is 0 Å². The molecule has 0 bridgehead atoms. The second kappa shape index (κ2) is 10.2. The lowest BCUT2D eigenvalue weighted by atomic mass is 9.79. The summed E-state index contributed by atoms with van der Waals surface area (Å²) in [6, 6.07) is 0. The highest BCUT2D eigenvalue weighted by Crippen LogP contribution is 2.25. The summed E-state index contributed by atoms with van der Waals surface area (Å²) in [7, 11) is 0. The molecule has 2 saturated heterocycles. The largest absolute Gasteiger partial charge is 0.385 e. The Labute approximate surface area is 153 Å². The predicted octanol–water partition coefficient (Wildman–Crippen LogP) is -0.122. The molecule has 1 saturated carbocycles. The lowest BCUT2D eigenvalue weighted by molar-refractivity contribution is -0.972. The Bertz CT molecular complexity index is 362. The normalized spacial score (nSPS) is 28.9. The summed E-state index contributed by atoms with van der Waals surface area (Å²) in [5.74, 6) is 0. The molecule has 0 amide bonds. The first-order chi connectivity index (χ1) is 12.3. The number of ether oxygens (including phenoxy) is 2. The third-order valence-electron chi connectivity index (χ3n) is 6.63. The van der Waals surface area contributed by atoms with Crippen molar-refractivity contribution < 1.29 is 24.8 Å². The summed E-state index contributed by atoms with van der Waals surface area (Å²) in [5.41, 5.74) is 0.469. The zero-order valence-electron chi connectivity index (χ0n) is 16.0. The average Bonchev–Trinajstić information content (AvgIpc) is 3.17. The van der Waals surface area contributed by atoms with Crippen LogP contribution in [0.2, 0.25) is 0 Å². The topological polar surface area (TPSA) is 59.7 Å². The molecule has 1 aliphatic carbocycles. The number of likely N-dealkylation sites (tertiary alicyclic amines) is 1. The Morgan fingerprint density at radius 1 is 1.08 bits per heavy atom. The minimum atomic E-state index is -0.363. The van der Waals surface area contributed by atoms with Crippen LogP contribution in [0.15, 0.2) is 0 Å². The molecule has 0 radical (unpaired) electrons. The van der Waals surface area contributed by atoms with Crippen LogP contribution in [0, 0.1) is 0 Å². The van der Waals surface area contributed by atoms with Crippen molar-refractivity contribution in [3.05, 3.63) is 0 Å². The fourth-order valence-corrected chi connectivity index (χ4v) is 5.17. The van der Waals surface area contributed by atoms with E-state index in [9.17, 15) is 5.11 Å². The van der Waals surface area contributed by atoms with Crippen LogP contribution in [0.5, 0.6) is 0 Å². The van der Waals surface area contributed by atoms with Gasteiger partial charge in [-0.25, -0.2) is 0 Å². The number of hydrogen-bond acceptors (Lipinski definition) is 3. The highest BCUT2D eigenvalue weighted by atomic mass is 16.5. The van der Waals surface area contributed by atoms with Gasteiger partial charge in [0.25, 0.3) is 0 Å². The van der Waals surface area contributed by atoms with Crippen molar-refractivity contribution in [1.29, 1.82) is 0 Å². The molecule has 4 N–H and O–H groups in total. The van der Waals surface area contributed by atoms with Gasteiger partial charge in [0.2, 0.25) is 0 Å². The molecule has 0 aromatic rings. The van der Waals surface area contributed by atoms with E-state index < -0.39 is 0 Å². The van der Waals surface area contributed by atoms with Crippen LogP contribution in [-0.2, 0) is 9.47 Å². The van der Waals surface area contributed by atoms with Gasteiger partial charge >= 0.3 is 0 Å². The quantitative estimate of drug-likeness (QED) is 0.540. The van der Waals surface area contributed by atoms with Crippen LogP contribution in [0.4, 0.5) is 0 Å². The molecular formula is C20H40N2O3+2. The second-order valence-electron chi connectivity index (χ2n) is 8.56. The number of hydrogen-bond donors (Lipinski definition) is 3. The molecule has 0 unspecified atom stereocenters. The molecule has 2 heterocycles. The molecule has 0 aromatic heterocycles. The third kappa shape index (κ3) is 5.90. The van der Waals surface area contributed by atoms with E-state index in [1.54, 1.807) is 0 Å². The zero-order valence-corrected chi connectivity index (χ0v) is 16.0. The Hall–Kier alpha value is -0.200. The standard InChI is InChI=1S/C20H38N2O3/c23-18(15-24-16-19-8-7-13-25-19)14-21-17-20(9-3-1-4-10-20)22-11-5-2-6-12-22/h18-19,21,23H,1-17H2/p+2/t18-,19-/m0/s1. The molecule has 3 rings (SSSR count). The van der Waals surface area contributed by atoms with Crippen LogP contribution in [0.3, 0.4) is 0 Å². The number of quaternary nitrogens is 2. The molecule has 5 heteroatoms. The molecule has 0 aromatic carbocycles. The lowest BCUT2D eigenvalue weighted by Crippen LogP contribution is -3.24. The molecule has 146 valence electrons. The van der Waals surface area contributed by atoms with Gasteiger partial charge in [0.1, 0.15) is 24.7 Å². The summed E-state index contributed by atoms with van der Waals surface area (Å²) >= 11 is 0. The lowest BCUT2D eigenvalue weighted by Gasteiger charge is -2.43. The average molecular weight is 357 g/mol. The van der Waals surface area contributed by atoms with E-state index in [0.717, 1.165) is 26.0 Å². The third-order valence-corrected chi connectivity index (χ3v) is 6.63. The van der Waals surface area contributed by atoms with E-state index in [4.69, 9.17) is 9.47 Å². The molecule has 3 fully saturated rings. The summed E-state index contributed by atoms with van der Waals surface area (Å²) in [6.07, 6.45) is 13.3. The van der Waals surface area contributed by atoms with Gasteiger partial charge in [0.05, 0.1) is 32.4 Å². The van der Waals surface area contributed by atoms with Crippen molar-refractivity contribution in [3.8, 4) is 0 Å². The summed E-state index contributed by atoms with van der Waals surface area (Å²) in [4.78, 5) is 1.86. The molecule has 2 aliphatic heterocycles. The maximum absolute atomic E-state index is 10.2. The van der Waals surface area contributed by atoms with Crippen molar-refractivity contribution in [2.24, 2.45) is 0 Å². The predicted molar refractivity (Wildman–Crippen MR) is 97.8 cm³/mol. The Balaban J connectivity index is 1.36. The molecule has 5 nitrogen and oxygen atoms in total. The summed E-state index contributed by atoms with van der Waals surface area (Å²) in [6.45, 7) is 6.61. The maximum atomic E-state index is 10.2. The Kier molecular flexibility index (Phi) is 7.99. The second-order valence-corrected chi connectivity index (χ2v) is 8.56. The van der Waals surface area contributed by atoms with Crippen molar-refractivity contribution in [3.63, 3.8) is 0 Å². The highest BCUT2D eigenvalue weighted by Gasteiger charge is 2.43. The number of aliphatic hydroxyl groups is 1. The van der Waals surface area contributed by atoms with Gasteiger partial charge in [-0.15, -0.1) is 0 Å². The van der Waals surface area contributed by atoms with Crippen LogP contribution in [0.1, 0.15) is 64.2 Å². The van der Waals surface area contributed by atoms with Crippen molar-refractivity contribution in [1.82, 2.24) is 0 Å². The fraction of sp³-hybridized carbons (Fsp3) is 1.00. The first kappa shape index (κ1) is 19.6. The number of piperidine rings is 1. The Morgan fingerprint density at radius 2 is 1.84 bits per heavy atom. The maximum Gasteiger partial charge on any atom is 0.147 e. The van der Waals surface area contributed by atoms with Gasteiger partial charge in [-0.05, 0) is 44.9 Å². The van der Waals surface area contributed by atoms with Crippen LogP contribution >= 0.6 is 0 Å². The minimum Gasteiger partial charge on any atom is -0.385 e. The van der Waals surface area contributed by atoms with E-state index in [1.807, 2.05) is 4.90 Å². The van der Waals surface area contributed by atoms with Gasteiger partial charge in [-0.2, -0.15) is 0 Å². The van der Waals surface area contributed by atoms with E-state index in [0.29, 0.717) is 18.8 Å². The monoisotopic (exact) mass is 356 g/mol. The van der Waals surface area contributed by atoms with Crippen LogP contribution in [-0.4, -0.2) is 68.9 Å². The molecular weight excluding hydrogens is 316 g/mol. The molecule has 3 aliphatic rings. The first-order valence-corrected chi connectivity index (χ1v) is 10.8. The SMILES string of the molecule is O[C@@H](C[NH2+]CC1([NH+]2CCCCC2)CCCCC1)COC[C@@H]1CCCO1. The fourth-order valence-electron chi connectivity index (χ4n) is 5.17. The molecule has 2 atom stereocenters. The van der Waals surface area contributed by atoms with Gasteiger partial charge in [-0.3, -0.25) is 0 Å². The number of nitrogens with one attached hydrogen (secondary N) is 1. The number of aliphatic hydroxyl groups excluding tert-OH is 1. The van der Waals surface area contributed by atoms with Crippen molar-refractivity contribution >= 4 is 0 Å².